The molecule has 132 valence electrons. The van der Waals surface area contributed by atoms with E-state index < -0.39 is 0 Å². The zero-order chi connectivity index (χ0) is 16.9. The molecule has 0 spiro atoms. The van der Waals surface area contributed by atoms with E-state index in [1.54, 1.807) is 0 Å². The van der Waals surface area contributed by atoms with E-state index in [-0.39, 0.29) is 12.0 Å². The molecule has 0 aromatic heterocycles. The van der Waals surface area contributed by atoms with Crippen molar-refractivity contribution < 1.29 is 9.90 Å². The average molecular weight is 331 g/mol. The maximum Gasteiger partial charge on any atom is 0.236 e. The highest BCUT2D eigenvalue weighted by Crippen LogP contribution is 2.14. The summed E-state index contributed by atoms with van der Waals surface area (Å²) in [5.74, 6) is 0.208. The van der Waals surface area contributed by atoms with Crippen LogP contribution >= 0.6 is 0 Å². The number of piperazine rings is 1. The van der Waals surface area contributed by atoms with Crippen LogP contribution in [0.5, 0.6) is 0 Å². The minimum Gasteiger partial charge on any atom is -0.392 e. The van der Waals surface area contributed by atoms with Crippen LogP contribution in [0.2, 0.25) is 0 Å². The maximum absolute atomic E-state index is 12.5. The molecule has 2 fully saturated rings. The number of likely N-dealkylation sites (tertiary alicyclic amines) is 1. The van der Waals surface area contributed by atoms with E-state index >= 15 is 0 Å². The van der Waals surface area contributed by atoms with Crippen molar-refractivity contribution in [2.45, 2.75) is 32.4 Å². The molecule has 1 aromatic rings. The number of carbonyl (C=O) groups excluding carboxylic acids is 1. The molecule has 24 heavy (non-hydrogen) atoms. The summed E-state index contributed by atoms with van der Waals surface area (Å²) in [6.07, 6.45) is 1.58. The summed E-state index contributed by atoms with van der Waals surface area (Å²) in [4.78, 5) is 19.0. The molecule has 0 saturated carbocycles. The molecule has 5 nitrogen and oxygen atoms in total. The van der Waals surface area contributed by atoms with Crippen molar-refractivity contribution >= 4 is 5.91 Å². The van der Waals surface area contributed by atoms with Crippen molar-refractivity contribution in [1.82, 2.24) is 14.7 Å². The first-order valence-electron chi connectivity index (χ1n) is 9.07. The average Bonchev–Trinajstić information content (AvgIpc) is 2.57. The molecule has 1 aromatic carbocycles. The van der Waals surface area contributed by atoms with Gasteiger partial charge >= 0.3 is 0 Å². The van der Waals surface area contributed by atoms with Crippen LogP contribution in [0, 0.1) is 6.92 Å². The van der Waals surface area contributed by atoms with Crippen molar-refractivity contribution in [3.8, 4) is 0 Å². The number of hydrogen-bond acceptors (Lipinski definition) is 4. The van der Waals surface area contributed by atoms with E-state index in [2.05, 4.69) is 41.0 Å². The number of aryl methyl sites for hydroxylation is 1. The van der Waals surface area contributed by atoms with Crippen molar-refractivity contribution in [3.63, 3.8) is 0 Å². The molecule has 1 atom stereocenters. The number of rotatable bonds is 4. The first-order valence-corrected chi connectivity index (χ1v) is 9.07. The van der Waals surface area contributed by atoms with E-state index in [9.17, 15) is 9.90 Å². The van der Waals surface area contributed by atoms with E-state index in [0.29, 0.717) is 13.1 Å². The molecule has 1 N–H and O–H groups in total. The Kier molecular flexibility index (Phi) is 5.87. The predicted molar refractivity (Wildman–Crippen MR) is 94.7 cm³/mol. The first kappa shape index (κ1) is 17.4. The van der Waals surface area contributed by atoms with Gasteiger partial charge in [0.15, 0.2) is 0 Å². The van der Waals surface area contributed by atoms with Crippen LogP contribution in [0.4, 0.5) is 0 Å². The number of piperidine rings is 1. The largest absolute Gasteiger partial charge is 0.392 e. The third kappa shape index (κ3) is 4.56. The lowest BCUT2D eigenvalue weighted by molar-refractivity contribution is -0.134. The SMILES string of the molecule is Cc1ccccc1CN1CCN(C(=O)CN2CCC[C@H](O)C2)CC1. The number of amides is 1. The van der Waals surface area contributed by atoms with Crippen LogP contribution in [0.15, 0.2) is 24.3 Å². The summed E-state index contributed by atoms with van der Waals surface area (Å²) in [5, 5.41) is 9.73. The topological polar surface area (TPSA) is 47.0 Å². The highest BCUT2D eigenvalue weighted by atomic mass is 16.3. The zero-order valence-electron chi connectivity index (χ0n) is 14.7. The van der Waals surface area contributed by atoms with E-state index in [4.69, 9.17) is 0 Å². The summed E-state index contributed by atoms with van der Waals surface area (Å²) in [5.41, 5.74) is 2.71. The van der Waals surface area contributed by atoms with Crippen molar-refractivity contribution in [2.24, 2.45) is 0 Å². The van der Waals surface area contributed by atoms with E-state index in [1.165, 1.54) is 11.1 Å². The minimum absolute atomic E-state index is 0.208. The Morgan fingerprint density at radius 3 is 2.58 bits per heavy atom. The fourth-order valence-corrected chi connectivity index (χ4v) is 3.65. The zero-order valence-corrected chi connectivity index (χ0v) is 14.7. The van der Waals surface area contributed by atoms with Gasteiger partial charge in [-0.2, -0.15) is 0 Å². The number of nitrogens with zero attached hydrogens (tertiary/aromatic N) is 3. The summed E-state index contributed by atoms with van der Waals surface area (Å²) in [6.45, 7) is 8.62. The summed E-state index contributed by atoms with van der Waals surface area (Å²) in [7, 11) is 0. The molecule has 0 radical (unpaired) electrons. The number of aliphatic hydroxyl groups excluding tert-OH is 1. The summed E-state index contributed by atoms with van der Waals surface area (Å²) in [6, 6.07) is 8.51. The maximum atomic E-state index is 12.5. The van der Waals surface area contributed by atoms with Crippen LogP contribution in [-0.2, 0) is 11.3 Å². The quantitative estimate of drug-likeness (QED) is 0.897. The smallest absolute Gasteiger partial charge is 0.236 e. The Labute approximate surface area is 144 Å². The van der Waals surface area contributed by atoms with Gasteiger partial charge < -0.3 is 10.0 Å². The van der Waals surface area contributed by atoms with E-state index in [1.807, 2.05) is 4.90 Å². The molecule has 2 aliphatic rings. The highest BCUT2D eigenvalue weighted by molar-refractivity contribution is 5.78. The Morgan fingerprint density at radius 2 is 1.88 bits per heavy atom. The second-order valence-electron chi connectivity index (χ2n) is 7.11. The van der Waals surface area contributed by atoms with Crippen LogP contribution in [0.25, 0.3) is 0 Å². The normalized spacial score (nSPS) is 23.4. The first-order chi connectivity index (χ1) is 11.6. The Balaban J connectivity index is 1.44. The molecule has 5 heteroatoms. The van der Waals surface area contributed by atoms with Gasteiger partial charge in [0.1, 0.15) is 0 Å². The Bertz CT molecular complexity index is 555. The standard InChI is InChI=1S/C19H29N3O2/c1-16-5-2-3-6-17(16)13-20-9-11-22(12-10-20)19(24)15-21-8-4-7-18(23)14-21/h2-3,5-6,18,23H,4,7-15H2,1H3/t18-/m0/s1. The molecule has 0 aliphatic carbocycles. The lowest BCUT2D eigenvalue weighted by Crippen LogP contribution is -2.52. The van der Waals surface area contributed by atoms with Gasteiger partial charge in [0.05, 0.1) is 12.6 Å². The van der Waals surface area contributed by atoms with Crippen LogP contribution in [-0.4, -0.2) is 77.6 Å². The number of benzene rings is 1. The lowest BCUT2D eigenvalue weighted by atomic mass is 10.1. The Morgan fingerprint density at radius 1 is 1.12 bits per heavy atom. The monoisotopic (exact) mass is 331 g/mol. The molecule has 2 heterocycles. The van der Waals surface area contributed by atoms with Gasteiger partial charge in [0.2, 0.25) is 5.91 Å². The van der Waals surface area contributed by atoms with Crippen molar-refractivity contribution in [2.75, 3.05) is 45.8 Å². The second kappa shape index (κ2) is 8.10. The predicted octanol–water partition coefficient (Wildman–Crippen LogP) is 1.10. The van der Waals surface area contributed by atoms with Crippen molar-refractivity contribution in [1.29, 1.82) is 0 Å². The fourth-order valence-electron chi connectivity index (χ4n) is 3.65. The van der Waals surface area contributed by atoms with Gasteiger partial charge in [-0.1, -0.05) is 24.3 Å². The minimum atomic E-state index is -0.266. The van der Waals surface area contributed by atoms with Gasteiger partial charge in [-0.3, -0.25) is 14.6 Å². The number of aliphatic hydroxyl groups is 1. The highest BCUT2D eigenvalue weighted by Gasteiger charge is 2.25. The molecule has 0 unspecified atom stereocenters. The summed E-state index contributed by atoms with van der Waals surface area (Å²) < 4.78 is 0. The molecular weight excluding hydrogens is 302 g/mol. The molecule has 2 aliphatic heterocycles. The lowest BCUT2D eigenvalue weighted by Gasteiger charge is -2.37. The molecule has 0 bridgehead atoms. The molecule has 3 rings (SSSR count). The number of hydrogen-bond donors (Lipinski definition) is 1. The Hall–Kier alpha value is -1.43. The van der Waals surface area contributed by atoms with Gasteiger partial charge in [0.25, 0.3) is 0 Å². The van der Waals surface area contributed by atoms with Gasteiger partial charge in [-0.05, 0) is 37.4 Å². The third-order valence-corrected chi connectivity index (χ3v) is 5.22. The molecule has 1 amide bonds. The number of carbonyl (C=O) groups is 1. The van der Waals surface area contributed by atoms with Crippen LogP contribution in [0.1, 0.15) is 24.0 Å². The third-order valence-electron chi connectivity index (χ3n) is 5.22. The second-order valence-corrected chi connectivity index (χ2v) is 7.11. The summed E-state index contributed by atoms with van der Waals surface area (Å²) >= 11 is 0. The molecular formula is C19H29N3O2. The van der Waals surface area contributed by atoms with E-state index in [0.717, 1.165) is 52.1 Å². The van der Waals surface area contributed by atoms with Crippen molar-refractivity contribution in [3.05, 3.63) is 35.4 Å². The van der Waals surface area contributed by atoms with Crippen LogP contribution < -0.4 is 0 Å². The van der Waals surface area contributed by atoms with Gasteiger partial charge in [-0.25, -0.2) is 0 Å². The van der Waals surface area contributed by atoms with Gasteiger partial charge in [-0.15, -0.1) is 0 Å². The van der Waals surface area contributed by atoms with Crippen LogP contribution in [0.3, 0.4) is 0 Å². The fraction of sp³-hybridized carbons (Fsp3) is 0.632. The number of β-amino-alcohol motifs (C(OH)–C–C–N with tert-alkyl or cyclic N) is 1. The molecule has 2 saturated heterocycles. The van der Waals surface area contributed by atoms with Gasteiger partial charge in [0, 0.05) is 39.3 Å².